The van der Waals surface area contributed by atoms with Gasteiger partial charge in [0.1, 0.15) is 3.70 Å². The lowest BCUT2D eigenvalue weighted by molar-refractivity contribution is -0.147. The van der Waals surface area contributed by atoms with Crippen LogP contribution in [0.4, 0.5) is 4.39 Å². The highest BCUT2D eigenvalue weighted by molar-refractivity contribution is 14.1. The molecule has 0 amide bonds. The van der Waals surface area contributed by atoms with Crippen LogP contribution in [0.5, 0.6) is 0 Å². The summed E-state index contributed by atoms with van der Waals surface area (Å²) < 4.78 is 13.3. The Morgan fingerprint density at radius 3 is 2.69 bits per heavy atom. The first-order valence-electron chi connectivity index (χ1n) is 3.25. The van der Waals surface area contributed by atoms with Crippen molar-refractivity contribution in [2.45, 2.75) is 6.10 Å². The van der Waals surface area contributed by atoms with Gasteiger partial charge in [0, 0.05) is 5.56 Å². The van der Waals surface area contributed by atoms with E-state index in [4.69, 9.17) is 10.2 Å². The van der Waals surface area contributed by atoms with Gasteiger partial charge in [-0.05, 0) is 34.7 Å². The summed E-state index contributed by atoms with van der Waals surface area (Å²) >= 11 is 1.78. The molecular weight excluding hydrogens is 292 g/mol. The molecule has 0 saturated heterocycles. The molecule has 1 rings (SSSR count). The topological polar surface area (TPSA) is 70.4 Å². The SMILES string of the molecule is O=C(O)C(O)c1ccc(I)nc1F. The fourth-order valence-electron chi connectivity index (χ4n) is 0.760. The van der Waals surface area contributed by atoms with Crippen LogP contribution in [0, 0.1) is 9.65 Å². The number of carboxylic acid groups (broad SMARTS) is 1. The number of aliphatic hydroxyl groups excluding tert-OH is 1. The van der Waals surface area contributed by atoms with Crippen LogP contribution in [0.15, 0.2) is 12.1 Å². The minimum atomic E-state index is -1.86. The first-order valence-corrected chi connectivity index (χ1v) is 4.33. The van der Waals surface area contributed by atoms with Crippen LogP contribution in [-0.2, 0) is 4.79 Å². The molecule has 13 heavy (non-hydrogen) atoms. The van der Waals surface area contributed by atoms with Gasteiger partial charge in [-0.15, -0.1) is 0 Å². The van der Waals surface area contributed by atoms with Crippen LogP contribution in [0.1, 0.15) is 11.7 Å². The second-order valence-electron chi connectivity index (χ2n) is 2.25. The van der Waals surface area contributed by atoms with Crippen molar-refractivity contribution in [3.8, 4) is 0 Å². The Bertz CT molecular complexity index is 345. The van der Waals surface area contributed by atoms with E-state index in [0.717, 1.165) is 0 Å². The molecule has 70 valence electrons. The van der Waals surface area contributed by atoms with E-state index in [0.29, 0.717) is 3.70 Å². The van der Waals surface area contributed by atoms with Crippen molar-refractivity contribution < 1.29 is 19.4 Å². The van der Waals surface area contributed by atoms with Gasteiger partial charge in [0.25, 0.3) is 0 Å². The minimum absolute atomic E-state index is 0.326. The lowest BCUT2D eigenvalue weighted by Gasteiger charge is -2.05. The van der Waals surface area contributed by atoms with Gasteiger partial charge in [-0.3, -0.25) is 0 Å². The highest BCUT2D eigenvalue weighted by Crippen LogP contribution is 2.16. The maximum absolute atomic E-state index is 12.9. The van der Waals surface area contributed by atoms with Crippen LogP contribution in [-0.4, -0.2) is 21.2 Å². The Morgan fingerprint density at radius 2 is 2.23 bits per heavy atom. The number of carboxylic acids is 1. The highest BCUT2D eigenvalue weighted by atomic mass is 127. The monoisotopic (exact) mass is 297 g/mol. The number of hydrogen-bond donors (Lipinski definition) is 2. The Kier molecular flexibility index (Phi) is 3.15. The molecule has 0 aliphatic carbocycles. The number of aliphatic carboxylic acids is 1. The van der Waals surface area contributed by atoms with Gasteiger partial charge in [0.05, 0.1) is 0 Å². The van der Waals surface area contributed by atoms with Crippen molar-refractivity contribution in [2.24, 2.45) is 0 Å². The van der Waals surface area contributed by atoms with E-state index in [1.165, 1.54) is 12.1 Å². The zero-order valence-corrected chi connectivity index (χ0v) is 8.40. The third kappa shape index (κ3) is 2.34. The van der Waals surface area contributed by atoms with Crippen molar-refractivity contribution >= 4 is 28.6 Å². The molecule has 0 spiro atoms. The number of rotatable bonds is 2. The number of halogens is 2. The van der Waals surface area contributed by atoms with E-state index in [9.17, 15) is 9.18 Å². The quantitative estimate of drug-likeness (QED) is 0.629. The summed E-state index contributed by atoms with van der Waals surface area (Å²) in [6, 6.07) is 2.62. The van der Waals surface area contributed by atoms with Crippen molar-refractivity contribution in [3.63, 3.8) is 0 Å². The van der Waals surface area contributed by atoms with Gasteiger partial charge < -0.3 is 10.2 Å². The first kappa shape index (κ1) is 10.3. The van der Waals surface area contributed by atoms with Gasteiger partial charge in [-0.25, -0.2) is 9.78 Å². The molecule has 0 aliphatic heterocycles. The Balaban J connectivity index is 3.08. The number of pyridine rings is 1. The number of hydrogen-bond acceptors (Lipinski definition) is 3. The van der Waals surface area contributed by atoms with E-state index < -0.39 is 18.0 Å². The number of aliphatic hydroxyl groups is 1. The molecule has 1 unspecified atom stereocenters. The molecule has 0 aromatic carbocycles. The van der Waals surface area contributed by atoms with E-state index >= 15 is 0 Å². The third-order valence-corrected chi connectivity index (χ3v) is 1.97. The second-order valence-corrected chi connectivity index (χ2v) is 3.36. The Labute approximate surface area is 86.6 Å². The van der Waals surface area contributed by atoms with Gasteiger partial charge in [0.2, 0.25) is 5.95 Å². The van der Waals surface area contributed by atoms with Crippen LogP contribution < -0.4 is 0 Å². The molecule has 4 nitrogen and oxygen atoms in total. The summed E-state index contributed by atoms with van der Waals surface area (Å²) in [5.74, 6) is -2.45. The Hall–Kier alpha value is -0.760. The largest absolute Gasteiger partial charge is 0.479 e. The fourth-order valence-corrected chi connectivity index (χ4v) is 1.15. The molecule has 1 aromatic heterocycles. The normalized spacial score (nSPS) is 12.5. The predicted molar refractivity (Wildman–Crippen MR) is 49.5 cm³/mol. The Morgan fingerprint density at radius 1 is 1.62 bits per heavy atom. The zero-order chi connectivity index (χ0) is 10.0. The zero-order valence-electron chi connectivity index (χ0n) is 6.24. The first-order chi connectivity index (χ1) is 6.02. The lowest BCUT2D eigenvalue weighted by atomic mass is 10.1. The summed E-state index contributed by atoms with van der Waals surface area (Å²) in [5.41, 5.74) is -0.326. The third-order valence-electron chi connectivity index (χ3n) is 1.37. The second kappa shape index (κ2) is 3.97. The van der Waals surface area contributed by atoms with E-state index in [-0.39, 0.29) is 5.56 Å². The van der Waals surface area contributed by atoms with Crippen molar-refractivity contribution in [2.75, 3.05) is 0 Å². The van der Waals surface area contributed by atoms with Gasteiger partial charge >= 0.3 is 5.97 Å². The highest BCUT2D eigenvalue weighted by Gasteiger charge is 2.20. The van der Waals surface area contributed by atoms with Gasteiger partial charge in [-0.2, -0.15) is 4.39 Å². The molecule has 2 N–H and O–H groups in total. The molecule has 0 fully saturated rings. The molecule has 0 saturated carbocycles. The van der Waals surface area contributed by atoms with E-state index in [2.05, 4.69) is 4.98 Å². The average Bonchev–Trinajstić information content (AvgIpc) is 2.03. The van der Waals surface area contributed by atoms with E-state index in [1.807, 2.05) is 0 Å². The average molecular weight is 297 g/mol. The summed E-state index contributed by atoms with van der Waals surface area (Å²) in [6.45, 7) is 0. The summed E-state index contributed by atoms with van der Waals surface area (Å²) in [6.07, 6.45) is -1.86. The maximum Gasteiger partial charge on any atom is 0.337 e. The smallest absolute Gasteiger partial charge is 0.337 e. The molecule has 0 radical (unpaired) electrons. The fraction of sp³-hybridized carbons (Fsp3) is 0.143. The molecule has 1 atom stereocenters. The molecule has 6 heteroatoms. The number of nitrogens with zero attached hydrogens (tertiary/aromatic N) is 1. The maximum atomic E-state index is 12.9. The predicted octanol–water partition coefficient (Wildman–Crippen LogP) is 0.943. The summed E-state index contributed by atoms with van der Waals surface area (Å²) in [4.78, 5) is 13.7. The van der Waals surface area contributed by atoms with Crippen molar-refractivity contribution in [1.29, 1.82) is 0 Å². The van der Waals surface area contributed by atoms with Gasteiger partial charge in [-0.1, -0.05) is 0 Å². The minimum Gasteiger partial charge on any atom is -0.479 e. The van der Waals surface area contributed by atoms with Crippen LogP contribution >= 0.6 is 22.6 Å². The van der Waals surface area contributed by atoms with Gasteiger partial charge in [0.15, 0.2) is 6.10 Å². The summed E-state index contributed by atoms with van der Waals surface area (Å²) in [7, 11) is 0. The molecule has 1 heterocycles. The molecular formula is C7H5FINO3. The van der Waals surface area contributed by atoms with Crippen LogP contribution in [0.25, 0.3) is 0 Å². The van der Waals surface area contributed by atoms with Crippen LogP contribution in [0.2, 0.25) is 0 Å². The summed E-state index contributed by atoms with van der Waals surface area (Å²) in [5, 5.41) is 17.4. The lowest BCUT2D eigenvalue weighted by Crippen LogP contribution is -2.13. The molecule has 1 aromatic rings. The van der Waals surface area contributed by atoms with E-state index in [1.54, 1.807) is 22.6 Å². The number of carbonyl (C=O) groups is 1. The molecule has 0 aliphatic rings. The number of aromatic nitrogens is 1. The standard InChI is InChI=1S/C7H5FINO3/c8-6-3(5(11)7(12)13)1-2-4(9)10-6/h1-2,5,11H,(H,12,13). The molecule has 0 bridgehead atoms. The van der Waals surface area contributed by atoms with Crippen molar-refractivity contribution in [1.82, 2.24) is 4.98 Å². The van der Waals surface area contributed by atoms with Crippen molar-refractivity contribution in [3.05, 3.63) is 27.3 Å². The van der Waals surface area contributed by atoms with Crippen LogP contribution in [0.3, 0.4) is 0 Å².